The molecule has 0 aliphatic heterocycles. The average Bonchev–Trinajstić information content (AvgIpc) is 2.29. The van der Waals surface area contributed by atoms with Crippen molar-refractivity contribution in [2.24, 2.45) is 0 Å². The summed E-state index contributed by atoms with van der Waals surface area (Å²) < 4.78 is 0. The number of benzene rings is 1. The first-order valence-corrected chi connectivity index (χ1v) is 5.73. The lowest BCUT2D eigenvalue weighted by Crippen LogP contribution is -1.93. The van der Waals surface area contributed by atoms with Crippen molar-refractivity contribution in [3.63, 3.8) is 0 Å². The van der Waals surface area contributed by atoms with Gasteiger partial charge < -0.3 is 5.11 Å². The van der Waals surface area contributed by atoms with Crippen LogP contribution in [0.15, 0.2) is 36.4 Å². The number of carboxylic acid groups (broad SMARTS) is 1. The van der Waals surface area contributed by atoms with Gasteiger partial charge in [0.05, 0.1) is 0 Å². The molecular weight excluding hydrogens is 200 g/mol. The first kappa shape index (κ1) is 12.5. The molecule has 16 heavy (non-hydrogen) atoms. The number of hydrogen-bond acceptors (Lipinski definition) is 1. The van der Waals surface area contributed by atoms with Crippen molar-refractivity contribution < 1.29 is 9.90 Å². The summed E-state index contributed by atoms with van der Waals surface area (Å²) in [7, 11) is 0. The minimum absolute atomic E-state index is 0.837. The predicted octanol–water partition coefficient (Wildman–Crippen LogP) is 3.73. The predicted molar refractivity (Wildman–Crippen MR) is 66.2 cm³/mol. The summed E-state index contributed by atoms with van der Waals surface area (Å²) in [6, 6.07) is 9.73. The Labute approximate surface area is 96.6 Å². The molecule has 0 heterocycles. The molecule has 1 rings (SSSR count). The van der Waals surface area contributed by atoms with Crippen LogP contribution < -0.4 is 0 Å². The summed E-state index contributed by atoms with van der Waals surface area (Å²) in [5.74, 6) is -0.865. The van der Waals surface area contributed by atoms with Crippen LogP contribution in [-0.2, 0) is 4.79 Å². The number of rotatable bonds is 6. The van der Waals surface area contributed by atoms with Crippen molar-refractivity contribution in [3.05, 3.63) is 42.0 Å². The van der Waals surface area contributed by atoms with Gasteiger partial charge in [-0.25, -0.2) is 4.79 Å². The minimum Gasteiger partial charge on any atom is -0.478 e. The lowest BCUT2D eigenvalue weighted by molar-refractivity contribution is -0.131. The standard InChI is InChI=1S/C14H18O2/c1-2-3-5-10-13(11-14(15)16)12-8-6-4-7-9-12/h4,6-9,11H,2-3,5,10H2,1H3,(H,15,16)/b13-11-. The minimum atomic E-state index is -0.865. The van der Waals surface area contributed by atoms with Gasteiger partial charge in [-0.15, -0.1) is 0 Å². The van der Waals surface area contributed by atoms with Crippen LogP contribution in [0.3, 0.4) is 0 Å². The van der Waals surface area contributed by atoms with Crippen LogP contribution in [0, 0.1) is 0 Å². The quantitative estimate of drug-likeness (QED) is 0.583. The number of carbonyl (C=O) groups is 1. The van der Waals surface area contributed by atoms with Crippen LogP contribution in [0.1, 0.15) is 38.2 Å². The number of aliphatic carboxylic acids is 1. The molecule has 0 aromatic heterocycles. The fourth-order valence-electron chi connectivity index (χ4n) is 1.67. The maximum absolute atomic E-state index is 10.7. The van der Waals surface area contributed by atoms with E-state index in [1.807, 2.05) is 30.3 Å². The first-order valence-electron chi connectivity index (χ1n) is 5.73. The summed E-state index contributed by atoms with van der Waals surface area (Å²) in [4.78, 5) is 10.7. The fraction of sp³-hybridized carbons (Fsp3) is 0.357. The van der Waals surface area contributed by atoms with E-state index >= 15 is 0 Å². The molecule has 2 nitrogen and oxygen atoms in total. The van der Waals surface area contributed by atoms with Crippen LogP contribution in [0.4, 0.5) is 0 Å². The summed E-state index contributed by atoms with van der Waals surface area (Å²) in [5.41, 5.74) is 1.93. The van der Waals surface area contributed by atoms with Gasteiger partial charge >= 0.3 is 5.97 Å². The van der Waals surface area contributed by atoms with Crippen molar-refractivity contribution in [2.45, 2.75) is 32.6 Å². The van der Waals surface area contributed by atoms with E-state index in [4.69, 9.17) is 5.11 Å². The van der Waals surface area contributed by atoms with Crippen molar-refractivity contribution in [1.82, 2.24) is 0 Å². The second-order valence-corrected chi connectivity index (χ2v) is 3.83. The monoisotopic (exact) mass is 218 g/mol. The SMILES string of the molecule is CCCCC/C(=C/C(=O)O)c1ccccc1. The van der Waals surface area contributed by atoms with E-state index in [0.29, 0.717) is 0 Å². The van der Waals surface area contributed by atoms with Gasteiger partial charge in [-0.05, 0) is 24.0 Å². The molecule has 0 amide bonds. The molecule has 0 bridgehead atoms. The molecule has 1 aromatic rings. The average molecular weight is 218 g/mol. The normalized spacial score (nSPS) is 11.4. The highest BCUT2D eigenvalue weighted by atomic mass is 16.4. The molecule has 0 atom stereocenters. The zero-order valence-corrected chi connectivity index (χ0v) is 9.65. The molecule has 0 spiro atoms. The maximum atomic E-state index is 10.7. The molecule has 0 unspecified atom stereocenters. The Kier molecular flexibility index (Phi) is 5.34. The van der Waals surface area contributed by atoms with Crippen molar-refractivity contribution in [2.75, 3.05) is 0 Å². The van der Waals surface area contributed by atoms with Crippen LogP contribution >= 0.6 is 0 Å². The summed E-state index contributed by atoms with van der Waals surface area (Å²) in [6.07, 6.45) is 5.50. The topological polar surface area (TPSA) is 37.3 Å². The number of allylic oxidation sites excluding steroid dienone is 1. The molecule has 1 N–H and O–H groups in total. The highest BCUT2D eigenvalue weighted by Gasteiger charge is 2.03. The maximum Gasteiger partial charge on any atom is 0.328 e. The van der Waals surface area contributed by atoms with E-state index in [-0.39, 0.29) is 0 Å². The number of carboxylic acids is 1. The van der Waals surface area contributed by atoms with Gasteiger partial charge in [0.15, 0.2) is 0 Å². The van der Waals surface area contributed by atoms with Gasteiger partial charge in [0, 0.05) is 6.08 Å². The van der Waals surface area contributed by atoms with Crippen LogP contribution in [0.5, 0.6) is 0 Å². The van der Waals surface area contributed by atoms with E-state index in [1.165, 1.54) is 6.08 Å². The third kappa shape index (κ3) is 4.30. The zero-order chi connectivity index (χ0) is 11.8. The van der Waals surface area contributed by atoms with Gasteiger partial charge in [-0.1, -0.05) is 50.1 Å². The van der Waals surface area contributed by atoms with Crippen molar-refractivity contribution in [1.29, 1.82) is 0 Å². The van der Waals surface area contributed by atoms with E-state index < -0.39 is 5.97 Å². The highest BCUT2D eigenvalue weighted by Crippen LogP contribution is 2.20. The third-order valence-electron chi connectivity index (χ3n) is 2.49. The molecule has 86 valence electrons. The summed E-state index contributed by atoms with van der Waals surface area (Å²) in [6.45, 7) is 2.14. The fourth-order valence-corrected chi connectivity index (χ4v) is 1.67. The zero-order valence-electron chi connectivity index (χ0n) is 9.65. The highest BCUT2D eigenvalue weighted by molar-refractivity contribution is 5.89. The smallest absolute Gasteiger partial charge is 0.328 e. The van der Waals surface area contributed by atoms with E-state index in [9.17, 15) is 4.79 Å². The van der Waals surface area contributed by atoms with E-state index in [0.717, 1.165) is 36.8 Å². The second-order valence-electron chi connectivity index (χ2n) is 3.83. The first-order chi connectivity index (χ1) is 7.74. The number of hydrogen-bond donors (Lipinski definition) is 1. The van der Waals surface area contributed by atoms with Crippen LogP contribution in [-0.4, -0.2) is 11.1 Å². The van der Waals surface area contributed by atoms with Crippen LogP contribution in [0.25, 0.3) is 5.57 Å². The van der Waals surface area contributed by atoms with E-state index in [1.54, 1.807) is 0 Å². The Hall–Kier alpha value is -1.57. The van der Waals surface area contributed by atoms with Gasteiger partial charge in [0.2, 0.25) is 0 Å². The molecule has 0 aliphatic carbocycles. The molecule has 0 radical (unpaired) electrons. The van der Waals surface area contributed by atoms with Crippen molar-refractivity contribution in [3.8, 4) is 0 Å². The Balaban J connectivity index is 2.76. The van der Waals surface area contributed by atoms with Gasteiger partial charge in [-0.3, -0.25) is 0 Å². The van der Waals surface area contributed by atoms with Crippen molar-refractivity contribution >= 4 is 11.5 Å². The summed E-state index contributed by atoms with van der Waals surface area (Å²) >= 11 is 0. The van der Waals surface area contributed by atoms with E-state index in [2.05, 4.69) is 6.92 Å². The van der Waals surface area contributed by atoms with Gasteiger partial charge in [-0.2, -0.15) is 0 Å². The Morgan fingerprint density at radius 3 is 2.50 bits per heavy atom. The Morgan fingerprint density at radius 1 is 1.25 bits per heavy atom. The van der Waals surface area contributed by atoms with Gasteiger partial charge in [0.1, 0.15) is 0 Å². The molecule has 1 aromatic carbocycles. The van der Waals surface area contributed by atoms with Crippen LogP contribution in [0.2, 0.25) is 0 Å². The Bertz CT molecular complexity index is 352. The largest absolute Gasteiger partial charge is 0.478 e. The molecule has 0 aliphatic rings. The summed E-state index contributed by atoms with van der Waals surface area (Å²) in [5, 5.41) is 8.83. The second kappa shape index (κ2) is 6.83. The van der Waals surface area contributed by atoms with Gasteiger partial charge in [0.25, 0.3) is 0 Å². The molecule has 2 heteroatoms. The Morgan fingerprint density at radius 2 is 1.94 bits per heavy atom. The third-order valence-corrected chi connectivity index (χ3v) is 2.49. The number of unbranched alkanes of at least 4 members (excludes halogenated alkanes) is 2. The molecule has 0 fully saturated rings. The lowest BCUT2D eigenvalue weighted by Gasteiger charge is -2.06. The lowest BCUT2D eigenvalue weighted by atomic mass is 9.99. The molecule has 0 saturated heterocycles. The molecule has 0 saturated carbocycles. The molecular formula is C14H18O2.